The molecule has 0 unspecified atom stereocenters. The number of nitrogens with one attached hydrogen (secondary N) is 1. The molecule has 1 N–H and O–H groups in total. The molecule has 0 aliphatic carbocycles. The van der Waals surface area contributed by atoms with E-state index in [4.69, 9.17) is 11.6 Å². The first-order chi connectivity index (χ1) is 17.9. The average molecular weight is 528 g/mol. The van der Waals surface area contributed by atoms with Gasteiger partial charge in [-0.05, 0) is 51.9 Å². The van der Waals surface area contributed by atoms with Crippen LogP contribution >= 0.6 is 11.6 Å². The van der Waals surface area contributed by atoms with Crippen molar-refractivity contribution in [2.75, 3.05) is 10.8 Å². The molecule has 5 aromatic carbocycles. The number of rotatable bonds is 7. The van der Waals surface area contributed by atoms with E-state index in [2.05, 4.69) is 16.6 Å². The highest BCUT2D eigenvalue weighted by Gasteiger charge is 2.28. The number of para-hydroxylation sites is 1. The summed E-state index contributed by atoms with van der Waals surface area (Å²) in [4.78, 5) is 13.0. The molecule has 184 valence electrons. The molecule has 0 aliphatic rings. The predicted molar refractivity (Wildman–Crippen MR) is 150 cm³/mol. The van der Waals surface area contributed by atoms with Crippen LogP contribution in [0.4, 0.5) is 5.69 Å². The molecule has 0 fully saturated rings. The minimum absolute atomic E-state index is 0.0495. The maximum absolute atomic E-state index is 13.5. The molecule has 5 aromatic rings. The maximum Gasteiger partial charge on any atom is 0.264 e. The number of carbonyl (C=O) groups is 1. The lowest BCUT2D eigenvalue weighted by molar-refractivity contribution is -0.119. The highest BCUT2D eigenvalue weighted by Crippen LogP contribution is 2.30. The Hall–Kier alpha value is -4.20. The minimum atomic E-state index is -4.07. The van der Waals surface area contributed by atoms with Gasteiger partial charge < -0.3 is 0 Å². The fourth-order valence-corrected chi connectivity index (χ4v) is 5.94. The van der Waals surface area contributed by atoms with Crippen molar-refractivity contribution in [2.45, 2.75) is 4.90 Å². The maximum atomic E-state index is 13.5. The Kier molecular flexibility index (Phi) is 6.90. The van der Waals surface area contributed by atoms with Crippen molar-refractivity contribution in [1.82, 2.24) is 5.43 Å². The number of hydrogen-bond acceptors (Lipinski definition) is 4. The third-order valence-electron chi connectivity index (χ3n) is 5.94. The van der Waals surface area contributed by atoms with E-state index in [-0.39, 0.29) is 15.6 Å². The molecule has 37 heavy (non-hydrogen) atoms. The molecule has 0 saturated heterocycles. The monoisotopic (exact) mass is 527 g/mol. The molecule has 0 aliphatic heterocycles. The fraction of sp³-hybridized carbons (Fsp3) is 0.0345. The van der Waals surface area contributed by atoms with Gasteiger partial charge >= 0.3 is 0 Å². The van der Waals surface area contributed by atoms with Crippen LogP contribution in [0.2, 0.25) is 5.02 Å². The summed E-state index contributed by atoms with van der Waals surface area (Å²) in [7, 11) is -4.07. The summed E-state index contributed by atoms with van der Waals surface area (Å²) >= 11 is 6.32. The van der Waals surface area contributed by atoms with Crippen molar-refractivity contribution in [2.24, 2.45) is 5.10 Å². The molecule has 0 heterocycles. The van der Waals surface area contributed by atoms with Gasteiger partial charge in [-0.1, -0.05) is 90.5 Å². The number of nitrogens with zero attached hydrogens (tertiary/aromatic N) is 2. The largest absolute Gasteiger partial charge is 0.271 e. The first-order valence-corrected chi connectivity index (χ1v) is 13.3. The van der Waals surface area contributed by atoms with E-state index in [1.54, 1.807) is 48.7 Å². The Balaban J connectivity index is 1.45. The number of amides is 1. The third-order valence-corrected chi connectivity index (χ3v) is 8.03. The van der Waals surface area contributed by atoms with Gasteiger partial charge in [0.2, 0.25) is 0 Å². The zero-order chi connectivity index (χ0) is 25.8. The van der Waals surface area contributed by atoms with Crippen LogP contribution in [0.3, 0.4) is 0 Å². The quantitative estimate of drug-likeness (QED) is 0.160. The van der Waals surface area contributed by atoms with Gasteiger partial charge in [0.25, 0.3) is 15.9 Å². The zero-order valence-electron chi connectivity index (χ0n) is 19.6. The van der Waals surface area contributed by atoms with E-state index in [1.807, 2.05) is 48.5 Å². The SMILES string of the molecule is O=C(CN(c1ccccc1Cl)S(=O)(=O)c1ccccc1)N/N=C\c1c2ccccc2cc2ccccc12. The number of hydrazone groups is 1. The van der Waals surface area contributed by atoms with Crippen molar-refractivity contribution < 1.29 is 13.2 Å². The summed E-state index contributed by atoms with van der Waals surface area (Å²) in [5, 5.41) is 8.47. The van der Waals surface area contributed by atoms with E-state index in [1.165, 1.54) is 12.1 Å². The lowest BCUT2D eigenvalue weighted by Crippen LogP contribution is -2.39. The standard InChI is InChI=1S/C29H22ClN3O3S/c30-27-16-8-9-17-28(27)33(37(35,36)23-12-2-1-3-13-23)20-29(34)32-31-19-26-24-14-6-4-10-21(24)18-22-11-5-7-15-25(22)26/h1-19H,20H2,(H,32,34)/b31-19-. The Morgan fingerprint density at radius 1 is 0.811 bits per heavy atom. The van der Waals surface area contributed by atoms with Crippen molar-refractivity contribution in [1.29, 1.82) is 0 Å². The van der Waals surface area contributed by atoms with Crippen LogP contribution in [0.1, 0.15) is 5.56 Å². The normalized spacial score (nSPS) is 11.7. The topological polar surface area (TPSA) is 78.8 Å². The van der Waals surface area contributed by atoms with Gasteiger partial charge in [-0.15, -0.1) is 0 Å². The molecule has 0 spiro atoms. The summed E-state index contributed by atoms with van der Waals surface area (Å²) < 4.78 is 27.9. The van der Waals surface area contributed by atoms with E-state index in [9.17, 15) is 13.2 Å². The van der Waals surface area contributed by atoms with Gasteiger partial charge in [-0.3, -0.25) is 9.10 Å². The molecular weight excluding hydrogens is 506 g/mol. The first-order valence-electron chi connectivity index (χ1n) is 11.5. The Labute approximate surface area is 219 Å². The molecule has 0 bridgehead atoms. The van der Waals surface area contributed by atoms with Crippen LogP contribution < -0.4 is 9.73 Å². The van der Waals surface area contributed by atoms with Gasteiger partial charge in [-0.25, -0.2) is 13.8 Å². The van der Waals surface area contributed by atoms with Crippen LogP contribution in [-0.4, -0.2) is 27.1 Å². The molecule has 0 radical (unpaired) electrons. The smallest absolute Gasteiger partial charge is 0.264 e. The molecule has 0 atom stereocenters. The van der Waals surface area contributed by atoms with Gasteiger partial charge in [0, 0.05) is 5.56 Å². The lowest BCUT2D eigenvalue weighted by Gasteiger charge is -2.24. The molecule has 8 heteroatoms. The fourth-order valence-electron chi connectivity index (χ4n) is 4.20. The summed E-state index contributed by atoms with van der Waals surface area (Å²) in [5.74, 6) is -0.611. The number of hydrogen-bond donors (Lipinski definition) is 1. The third kappa shape index (κ3) is 5.05. The summed E-state index contributed by atoms with van der Waals surface area (Å²) in [6.45, 7) is -0.505. The van der Waals surface area contributed by atoms with Crippen LogP contribution in [-0.2, 0) is 14.8 Å². The van der Waals surface area contributed by atoms with Gasteiger partial charge in [0.1, 0.15) is 6.54 Å². The van der Waals surface area contributed by atoms with E-state index >= 15 is 0 Å². The summed E-state index contributed by atoms with van der Waals surface area (Å²) in [6, 6.07) is 32.4. The second-order valence-electron chi connectivity index (χ2n) is 8.30. The predicted octanol–water partition coefficient (Wildman–Crippen LogP) is 5.99. The van der Waals surface area contributed by atoms with E-state index < -0.39 is 22.5 Å². The van der Waals surface area contributed by atoms with E-state index in [0.29, 0.717) is 0 Å². The van der Waals surface area contributed by atoms with Gasteiger partial charge in [0.15, 0.2) is 0 Å². The van der Waals surface area contributed by atoms with Crippen LogP contribution in [0.5, 0.6) is 0 Å². The highest BCUT2D eigenvalue weighted by atomic mass is 35.5. The Morgan fingerprint density at radius 2 is 1.38 bits per heavy atom. The molecular formula is C29H22ClN3O3S. The van der Waals surface area contributed by atoms with Crippen molar-refractivity contribution in [3.8, 4) is 0 Å². The van der Waals surface area contributed by atoms with Gasteiger partial charge in [-0.2, -0.15) is 5.10 Å². The molecule has 6 nitrogen and oxygen atoms in total. The summed E-state index contributed by atoms with van der Waals surface area (Å²) in [5.41, 5.74) is 3.54. The number of sulfonamides is 1. The van der Waals surface area contributed by atoms with Gasteiger partial charge in [0.05, 0.1) is 21.8 Å². The Morgan fingerprint density at radius 3 is 2.03 bits per heavy atom. The van der Waals surface area contributed by atoms with Crippen LogP contribution in [0.25, 0.3) is 21.5 Å². The number of carbonyl (C=O) groups excluding carboxylic acids is 1. The number of anilines is 1. The van der Waals surface area contributed by atoms with Crippen LogP contribution in [0, 0.1) is 0 Å². The minimum Gasteiger partial charge on any atom is -0.271 e. The van der Waals surface area contributed by atoms with Crippen molar-refractivity contribution in [3.63, 3.8) is 0 Å². The number of benzene rings is 5. The van der Waals surface area contributed by atoms with E-state index in [0.717, 1.165) is 31.4 Å². The molecule has 0 saturated carbocycles. The number of halogens is 1. The van der Waals surface area contributed by atoms with Crippen LogP contribution in [0.15, 0.2) is 119 Å². The molecule has 0 aromatic heterocycles. The second kappa shape index (κ2) is 10.4. The molecule has 5 rings (SSSR count). The average Bonchev–Trinajstić information content (AvgIpc) is 2.92. The van der Waals surface area contributed by atoms with Crippen molar-refractivity contribution in [3.05, 3.63) is 120 Å². The lowest BCUT2D eigenvalue weighted by atomic mass is 9.97. The zero-order valence-corrected chi connectivity index (χ0v) is 21.2. The molecule has 1 amide bonds. The van der Waals surface area contributed by atoms with Crippen molar-refractivity contribution >= 4 is 61.0 Å². The Bertz CT molecular complexity index is 1680. The second-order valence-corrected chi connectivity index (χ2v) is 10.6. The summed E-state index contributed by atoms with van der Waals surface area (Å²) in [6.07, 6.45) is 1.59. The highest BCUT2D eigenvalue weighted by molar-refractivity contribution is 7.92. The first kappa shape index (κ1) is 24.5. The number of fused-ring (bicyclic) bond motifs is 2.